The number of aromatic nitrogens is 2. The van der Waals surface area contributed by atoms with Gasteiger partial charge < -0.3 is 14.6 Å². The Morgan fingerprint density at radius 1 is 1.22 bits per heavy atom. The van der Waals surface area contributed by atoms with Gasteiger partial charge in [0.05, 0.1) is 36.3 Å². The normalized spacial score (nSPS) is 17.4. The smallest absolute Gasteiger partial charge is 0.121 e. The van der Waals surface area contributed by atoms with Gasteiger partial charge in [-0.25, -0.2) is 0 Å². The first-order valence-electron chi connectivity index (χ1n) is 5.84. The summed E-state index contributed by atoms with van der Waals surface area (Å²) in [6, 6.07) is 5.59. The molecule has 1 aromatic carbocycles. The highest BCUT2D eigenvalue weighted by molar-refractivity contribution is 5.75. The highest BCUT2D eigenvalue weighted by Crippen LogP contribution is 2.28. The Hall–Kier alpha value is -1.72. The molecule has 0 amide bonds. The third-order valence-electron chi connectivity index (χ3n) is 3.14. The zero-order valence-electron chi connectivity index (χ0n) is 9.87. The van der Waals surface area contributed by atoms with Crippen molar-refractivity contribution in [3.8, 4) is 5.75 Å². The van der Waals surface area contributed by atoms with Crippen molar-refractivity contribution < 1.29 is 14.6 Å². The molecule has 0 saturated carbocycles. The van der Waals surface area contributed by atoms with Gasteiger partial charge in [-0.15, -0.1) is 0 Å². The highest BCUT2D eigenvalue weighted by atomic mass is 16.5. The predicted molar refractivity (Wildman–Crippen MR) is 65.4 cm³/mol. The molecule has 94 valence electrons. The maximum atomic E-state index is 9.30. The van der Waals surface area contributed by atoms with Crippen LogP contribution in [0.4, 0.5) is 0 Å². The molecule has 1 aliphatic heterocycles. The molecular formula is C13H14N2O3. The van der Waals surface area contributed by atoms with Gasteiger partial charge in [-0.05, 0) is 12.1 Å². The number of ether oxygens (including phenoxy) is 2. The Balaban J connectivity index is 1.74. The SMILES string of the molecule is OCC1(COc2ccc3nccnc3c2)COC1. The average molecular weight is 246 g/mol. The third-order valence-corrected chi connectivity index (χ3v) is 3.14. The summed E-state index contributed by atoms with van der Waals surface area (Å²) in [5, 5.41) is 9.30. The van der Waals surface area contributed by atoms with Gasteiger partial charge in [-0.1, -0.05) is 0 Å². The van der Waals surface area contributed by atoms with Crippen LogP contribution in [0.1, 0.15) is 0 Å². The van der Waals surface area contributed by atoms with Gasteiger partial charge >= 0.3 is 0 Å². The fourth-order valence-corrected chi connectivity index (χ4v) is 1.88. The topological polar surface area (TPSA) is 64.5 Å². The first kappa shape index (κ1) is 11.4. The van der Waals surface area contributed by atoms with Crippen LogP contribution in [0, 0.1) is 5.41 Å². The van der Waals surface area contributed by atoms with E-state index in [0.717, 1.165) is 16.8 Å². The van der Waals surface area contributed by atoms with E-state index < -0.39 is 0 Å². The van der Waals surface area contributed by atoms with E-state index in [-0.39, 0.29) is 12.0 Å². The zero-order valence-corrected chi connectivity index (χ0v) is 9.87. The van der Waals surface area contributed by atoms with E-state index in [1.807, 2.05) is 18.2 Å². The molecule has 2 heterocycles. The molecule has 1 saturated heterocycles. The van der Waals surface area contributed by atoms with E-state index in [1.54, 1.807) is 12.4 Å². The second-order valence-electron chi connectivity index (χ2n) is 4.65. The summed E-state index contributed by atoms with van der Waals surface area (Å²) in [5.41, 5.74) is 1.41. The van der Waals surface area contributed by atoms with Crippen LogP contribution in [0.25, 0.3) is 11.0 Å². The van der Waals surface area contributed by atoms with Crippen LogP contribution >= 0.6 is 0 Å². The molecule has 2 aromatic rings. The van der Waals surface area contributed by atoms with Crippen molar-refractivity contribution in [1.82, 2.24) is 9.97 Å². The number of benzene rings is 1. The summed E-state index contributed by atoms with van der Waals surface area (Å²) >= 11 is 0. The monoisotopic (exact) mass is 246 g/mol. The number of nitrogens with zero attached hydrogens (tertiary/aromatic N) is 2. The highest BCUT2D eigenvalue weighted by Gasteiger charge is 2.39. The van der Waals surface area contributed by atoms with E-state index in [2.05, 4.69) is 9.97 Å². The molecule has 1 fully saturated rings. The molecule has 3 rings (SSSR count). The fourth-order valence-electron chi connectivity index (χ4n) is 1.88. The lowest BCUT2D eigenvalue weighted by atomic mass is 9.88. The van der Waals surface area contributed by atoms with E-state index in [4.69, 9.17) is 9.47 Å². The van der Waals surface area contributed by atoms with E-state index in [0.29, 0.717) is 19.8 Å². The summed E-state index contributed by atoms with van der Waals surface area (Å²) in [5.74, 6) is 0.739. The first-order valence-corrected chi connectivity index (χ1v) is 5.84. The Morgan fingerprint density at radius 2 is 2.00 bits per heavy atom. The minimum Gasteiger partial charge on any atom is -0.493 e. The lowest BCUT2D eigenvalue weighted by Crippen LogP contribution is -2.49. The van der Waals surface area contributed by atoms with Crippen molar-refractivity contribution in [2.75, 3.05) is 26.4 Å². The minimum atomic E-state index is -0.239. The lowest BCUT2D eigenvalue weighted by molar-refractivity contribution is -0.153. The molecule has 5 nitrogen and oxygen atoms in total. The molecule has 0 aliphatic carbocycles. The molecule has 1 N–H and O–H groups in total. The largest absolute Gasteiger partial charge is 0.493 e. The second kappa shape index (κ2) is 4.51. The van der Waals surface area contributed by atoms with E-state index >= 15 is 0 Å². The van der Waals surface area contributed by atoms with Gasteiger partial charge in [0.25, 0.3) is 0 Å². The average Bonchev–Trinajstić information content (AvgIpc) is 2.38. The molecular weight excluding hydrogens is 232 g/mol. The maximum Gasteiger partial charge on any atom is 0.121 e. The van der Waals surface area contributed by atoms with E-state index in [1.165, 1.54) is 0 Å². The van der Waals surface area contributed by atoms with Crippen molar-refractivity contribution in [3.05, 3.63) is 30.6 Å². The number of aliphatic hydroxyl groups excluding tert-OH is 1. The van der Waals surface area contributed by atoms with Crippen molar-refractivity contribution in [2.45, 2.75) is 0 Å². The Bertz CT molecular complexity index is 549. The van der Waals surface area contributed by atoms with E-state index in [9.17, 15) is 5.11 Å². The maximum absolute atomic E-state index is 9.30. The van der Waals surface area contributed by atoms with Gasteiger partial charge in [0.15, 0.2) is 0 Å². The molecule has 0 spiro atoms. The molecule has 1 aliphatic rings. The molecule has 5 heteroatoms. The van der Waals surface area contributed by atoms with Gasteiger partial charge in [0, 0.05) is 18.5 Å². The van der Waals surface area contributed by atoms with Crippen LogP contribution < -0.4 is 4.74 Å². The lowest BCUT2D eigenvalue weighted by Gasteiger charge is -2.39. The van der Waals surface area contributed by atoms with Crippen molar-refractivity contribution in [3.63, 3.8) is 0 Å². The summed E-state index contributed by atoms with van der Waals surface area (Å²) in [7, 11) is 0. The summed E-state index contributed by atoms with van der Waals surface area (Å²) in [4.78, 5) is 8.42. The summed E-state index contributed by atoms with van der Waals surface area (Å²) in [6.07, 6.45) is 3.32. The van der Waals surface area contributed by atoms with Crippen LogP contribution in [0.3, 0.4) is 0 Å². The Morgan fingerprint density at radius 3 is 2.67 bits per heavy atom. The van der Waals surface area contributed by atoms with Gasteiger partial charge in [0.1, 0.15) is 12.4 Å². The predicted octanol–water partition coefficient (Wildman–Crippen LogP) is 1.02. The summed E-state index contributed by atoms with van der Waals surface area (Å²) < 4.78 is 10.8. The number of fused-ring (bicyclic) bond motifs is 1. The van der Waals surface area contributed by atoms with Crippen molar-refractivity contribution >= 4 is 11.0 Å². The molecule has 0 atom stereocenters. The van der Waals surface area contributed by atoms with Crippen LogP contribution in [-0.2, 0) is 4.74 Å². The molecule has 18 heavy (non-hydrogen) atoms. The second-order valence-corrected chi connectivity index (χ2v) is 4.65. The number of hydrogen-bond donors (Lipinski definition) is 1. The van der Waals surface area contributed by atoms with Crippen LogP contribution in [0.2, 0.25) is 0 Å². The van der Waals surface area contributed by atoms with Crippen LogP contribution in [-0.4, -0.2) is 41.5 Å². The quantitative estimate of drug-likeness (QED) is 0.872. The standard InChI is InChI=1S/C13H14N2O3/c16-6-13(7-17-8-13)9-18-10-1-2-11-12(5-10)15-4-3-14-11/h1-5,16H,6-9H2. The number of aliphatic hydroxyl groups is 1. The van der Waals surface area contributed by atoms with Crippen molar-refractivity contribution in [1.29, 1.82) is 0 Å². The van der Waals surface area contributed by atoms with Gasteiger partial charge in [-0.3, -0.25) is 9.97 Å². The molecule has 0 unspecified atom stereocenters. The Labute approximate surface area is 104 Å². The number of rotatable bonds is 4. The van der Waals surface area contributed by atoms with Crippen LogP contribution in [0.5, 0.6) is 5.75 Å². The number of hydrogen-bond acceptors (Lipinski definition) is 5. The third kappa shape index (κ3) is 2.02. The molecule has 0 bridgehead atoms. The van der Waals surface area contributed by atoms with Gasteiger partial charge in [0.2, 0.25) is 0 Å². The fraction of sp³-hybridized carbons (Fsp3) is 0.385. The minimum absolute atomic E-state index is 0.0837. The summed E-state index contributed by atoms with van der Waals surface area (Å²) in [6.45, 7) is 1.64. The van der Waals surface area contributed by atoms with Crippen LogP contribution in [0.15, 0.2) is 30.6 Å². The Kier molecular flexibility index (Phi) is 2.85. The first-order chi connectivity index (χ1) is 8.81. The molecule has 1 aromatic heterocycles. The van der Waals surface area contributed by atoms with Gasteiger partial charge in [-0.2, -0.15) is 0 Å². The zero-order chi connectivity index (χ0) is 12.4. The molecule has 0 radical (unpaired) electrons. The van der Waals surface area contributed by atoms with Crippen molar-refractivity contribution in [2.24, 2.45) is 5.41 Å².